The van der Waals surface area contributed by atoms with Gasteiger partial charge in [0.15, 0.2) is 0 Å². The molecule has 138 valence electrons. The van der Waals surface area contributed by atoms with Crippen LogP contribution in [-0.4, -0.2) is 37.6 Å². The molecule has 0 aromatic heterocycles. The van der Waals surface area contributed by atoms with Gasteiger partial charge in [-0.15, -0.1) is 0 Å². The first kappa shape index (κ1) is 18.7. The second kappa shape index (κ2) is 8.52. The Labute approximate surface area is 157 Å². The Balaban J connectivity index is 1.77. The fraction of sp³-hybridized carbons (Fsp3) is 0.350. The van der Waals surface area contributed by atoms with E-state index in [9.17, 15) is 9.18 Å². The highest BCUT2D eigenvalue weighted by Gasteiger charge is 2.25. The molecule has 1 aliphatic rings. The average molecular weight is 377 g/mol. The molecular weight excluding hydrogens is 355 g/mol. The summed E-state index contributed by atoms with van der Waals surface area (Å²) in [5.74, 6) is -0.262. The summed E-state index contributed by atoms with van der Waals surface area (Å²) in [6, 6.07) is 11.8. The summed E-state index contributed by atoms with van der Waals surface area (Å²) < 4.78 is 19.2. The summed E-state index contributed by atoms with van der Waals surface area (Å²) in [6.45, 7) is 2.34. The number of benzene rings is 2. The quantitative estimate of drug-likeness (QED) is 0.826. The van der Waals surface area contributed by atoms with Crippen LogP contribution in [0.4, 0.5) is 4.39 Å². The molecular formula is C20H22ClFN2O2. The van der Waals surface area contributed by atoms with Crippen molar-refractivity contribution in [2.75, 3.05) is 26.7 Å². The number of carbonyl (C=O) groups excluding carboxylic acids is 1. The summed E-state index contributed by atoms with van der Waals surface area (Å²) in [7, 11) is 1.63. The zero-order chi connectivity index (χ0) is 18.5. The van der Waals surface area contributed by atoms with Crippen molar-refractivity contribution in [3.05, 3.63) is 64.4 Å². The molecule has 0 unspecified atom stereocenters. The zero-order valence-electron chi connectivity index (χ0n) is 14.7. The van der Waals surface area contributed by atoms with Gasteiger partial charge >= 0.3 is 0 Å². The molecule has 2 aromatic carbocycles. The summed E-state index contributed by atoms with van der Waals surface area (Å²) in [5, 5.41) is 3.19. The third kappa shape index (κ3) is 4.34. The van der Waals surface area contributed by atoms with Gasteiger partial charge in [-0.25, -0.2) is 4.39 Å². The van der Waals surface area contributed by atoms with Crippen molar-refractivity contribution in [3.8, 4) is 5.75 Å². The number of methoxy groups -OCH3 is 1. The second-order valence-corrected chi connectivity index (χ2v) is 6.81. The second-order valence-electron chi connectivity index (χ2n) is 6.37. The van der Waals surface area contributed by atoms with Gasteiger partial charge in [-0.2, -0.15) is 0 Å². The van der Waals surface area contributed by atoms with Crippen LogP contribution in [0.3, 0.4) is 0 Å². The van der Waals surface area contributed by atoms with Crippen molar-refractivity contribution in [2.24, 2.45) is 0 Å². The molecule has 6 heteroatoms. The lowest BCUT2D eigenvalue weighted by molar-refractivity contribution is 0.0934. The summed E-state index contributed by atoms with van der Waals surface area (Å²) in [6.07, 6.45) is 2.27. The maximum absolute atomic E-state index is 13.9. The molecule has 1 saturated heterocycles. The van der Waals surface area contributed by atoms with Gasteiger partial charge in [0.25, 0.3) is 5.91 Å². The lowest BCUT2D eigenvalue weighted by Crippen LogP contribution is -2.37. The molecule has 1 heterocycles. The zero-order valence-corrected chi connectivity index (χ0v) is 15.4. The van der Waals surface area contributed by atoms with Gasteiger partial charge in [0.1, 0.15) is 11.6 Å². The third-order valence-corrected chi connectivity index (χ3v) is 4.92. The van der Waals surface area contributed by atoms with E-state index in [1.807, 2.05) is 24.3 Å². The largest absolute Gasteiger partial charge is 0.497 e. The molecule has 0 spiro atoms. The lowest BCUT2D eigenvalue weighted by Gasteiger charge is -2.28. The Morgan fingerprint density at radius 3 is 2.77 bits per heavy atom. The van der Waals surface area contributed by atoms with E-state index in [-0.39, 0.29) is 11.6 Å². The summed E-state index contributed by atoms with van der Waals surface area (Å²) in [5.41, 5.74) is 1.03. The molecule has 0 aliphatic carbocycles. The van der Waals surface area contributed by atoms with Crippen LogP contribution in [0.15, 0.2) is 42.5 Å². The molecule has 0 radical (unpaired) electrons. The van der Waals surface area contributed by atoms with Gasteiger partial charge in [0, 0.05) is 11.6 Å². The number of halogens is 2. The van der Waals surface area contributed by atoms with E-state index in [2.05, 4.69) is 10.2 Å². The average Bonchev–Trinajstić information content (AvgIpc) is 3.18. The smallest absolute Gasteiger partial charge is 0.254 e. The number of amides is 1. The number of hydrogen-bond acceptors (Lipinski definition) is 3. The molecule has 26 heavy (non-hydrogen) atoms. The van der Waals surface area contributed by atoms with Gasteiger partial charge in [-0.05, 0) is 61.8 Å². The van der Waals surface area contributed by atoms with Crippen molar-refractivity contribution < 1.29 is 13.9 Å². The van der Waals surface area contributed by atoms with E-state index in [1.54, 1.807) is 7.11 Å². The van der Waals surface area contributed by atoms with Crippen LogP contribution in [0, 0.1) is 5.82 Å². The van der Waals surface area contributed by atoms with E-state index < -0.39 is 11.7 Å². The molecule has 1 atom stereocenters. The molecule has 1 aliphatic heterocycles. The van der Waals surface area contributed by atoms with Crippen molar-refractivity contribution in [2.45, 2.75) is 18.9 Å². The van der Waals surface area contributed by atoms with Gasteiger partial charge in [-0.1, -0.05) is 23.7 Å². The standard InChI is InChI=1S/C20H22ClFN2O2/c1-26-16-6-4-5-14(11-16)19(24-9-2-3-10-24)13-23-20(25)17-12-15(21)7-8-18(17)22/h4-8,11-12,19H,2-3,9-10,13H2,1H3,(H,23,25)/t19-/m0/s1. The molecule has 0 saturated carbocycles. The molecule has 1 N–H and O–H groups in total. The van der Waals surface area contributed by atoms with Crippen molar-refractivity contribution in [1.29, 1.82) is 0 Å². The first-order chi connectivity index (χ1) is 12.6. The fourth-order valence-electron chi connectivity index (χ4n) is 3.32. The van der Waals surface area contributed by atoms with E-state index in [4.69, 9.17) is 16.3 Å². The maximum Gasteiger partial charge on any atom is 0.254 e. The van der Waals surface area contributed by atoms with Crippen LogP contribution in [0.25, 0.3) is 0 Å². The Morgan fingerprint density at radius 2 is 2.04 bits per heavy atom. The fourth-order valence-corrected chi connectivity index (χ4v) is 3.49. The van der Waals surface area contributed by atoms with Gasteiger partial charge in [-0.3, -0.25) is 9.69 Å². The van der Waals surface area contributed by atoms with Gasteiger partial charge < -0.3 is 10.1 Å². The molecule has 1 fully saturated rings. The molecule has 2 aromatic rings. The Bertz CT molecular complexity index is 778. The normalized spacial score (nSPS) is 15.7. The maximum atomic E-state index is 13.9. The van der Waals surface area contributed by atoms with Crippen LogP contribution in [-0.2, 0) is 0 Å². The van der Waals surface area contributed by atoms with Crippen LogP contribution in [0.1, 0.15) is 34.8 Å². The van der Waals surface area contributed by atoms with Crippen molar-refractivity contribution >= 4 is 17.5 Å². The van der Waals surface area contributed by atoms with Gasteiger partial charge in [0.05, 0.1) is 18.7 Å². The number of carbonyl (C=O) groups is 1. The minimum absolute atomic E-state index is 0.0128. The number of nitrogens with zero attached hydrogens (tertiary/aromatic N) is 1. The summed E-state index contributed by atoms with van der Waals surface area (Å²) in [4.78, 5) is 14.8. The van der Waals surface area contributed by atoms with Crippen LogP contribution in [0.2, 0.25) is 5.02 Å². The molecule has 3 rings (SSSR count). The predicted molar refractivity (Wildman–Crippen MR) is 100 cm³/mol. The molecule has 1 amide bonds. The third-order valence-electron chi connectivity index (χ3n) is 4.69. The first-order valence-electron chi connectivity index (χ1n) is 8.69. The van der Waals surface area contributed by atoms with Crippen LogP contribution in [0.5, 0.6) is 5.75 Å². The first-order valence-corrected chi connectivity index (χ1v) is 9.07. The SMILES string of the molecule is COc1cccc([C@H](CNC(=O)c2cc(Cl)ccc2F)N2CCCC2)c1. The highest BCUT2D eigenvalue weighted by Crippen LogP contribution is 2.27. The van der Waals surface area contributed by atoms with Gasteiger partial charge in [0.2, 0.25) is 0 Å². The lowest BCUT2D eigenvalue weighted by atomic mass is 10.0. The van der Waals surface area contributed by atoms with E-state index in [0.29, 0.717) is 11.6 Å². The highest BCUT2D eigenvalue weighted by atomic mass is 35.5. The predicted octanol–water partition coefficient (Wildman–Crippen LogP) is 4.05. The molecule has 0 bridgehead atoms. The Kier molecular flexibility index (Phi) is 6.12. The summed E-state index contributed by atoms with van der Waals surface area (Å²) >= 11 is 5.89. The minimum atomic E-state index is -0.578. The van der Waals surface area contributed by atoms with Crippen molar-refractivity contribution in [3.63, 3.8) is 0 Å². The van der Waals surface area contributed by atoms with E-state index >= 15 is 0 Å². The van der Waals surface area contributed by atoms with E-state index in [0.717, 1.165) is 37.2 Å². The number of rotatable bonds is 6. The number of likely N-dealkylation sites (tertiary alicyclic amines) is 1. The highest BCUT2D eigenvalue weighted by molar-refractivity contribution is 6.31. The molecule has 4 nitrogen and oxygen atoms in total. The van der Waals surface area contributed by atoms with Crippen molar-refractivity contribution in [1.82, 2.24) is 10.2 Å². The Morgan fingerprint density at radius 1 is 1.27 bits per heavy atom. The number of nitrogens with one attached hydrogen (secondary N) is 1. The Hall–Kier alpha value is -2.11. The number of hydrogen-bond donors (Lipinski definition) is 1. The topological polar surface area (TPSA) is 41.6 Å². The number of ether oxygens (including phenoxy) is 1. The minimum Gasteiger partial charge on any atom is -0.497 e. The monoisotopic (exact) mass is 376 g/mol. The van der Waals surface area contributed by atoms with E-state index in [1.165, 1.54) is 18.2 Å². The van der Waals surface area contributed by atoms with Crippen LogP contribution < -0.4 is 10.1 Å². The van der Waals surface area contributed by atoms with Crippen LogP contribution >= 0.6 is 11.6 Å².